The fourth-order valence-electron chi connectivity index (χ4n) is 1.60. The van der Waals surface area contributed by atoms with Gasteiger partial charge in [0.1, 0.15) is 0 Å². The van der Waals surface area contributed by atoms with E-state index >= 15 is 0 Å². The highest BCUT2D eigenvalue weighted by atomic mass is 32.2. The van der Waals surface area contributed by atoms with Crippen LogP contribution in [0.4, 0.5) is 22.7 Å². The van der Waals surface area contributed by atoms with Crippen LogP contribution < -0.4 is 21.9 Å². The van der Waals surface area contributed by atoms with Crippen LogP contribution in [0.15, 0.2) is 47.4 Å². The molecular weight excluding hydrogens is 264 g/mol. The first-order valence-electron chi connectivity index (χ1n) is 5.41. The molecule has 6 nitrogen and oxygen atoms in total. The second kappa shape index (κ2) is 4.69. The Balaban J connectivity index is 2.33. The van der Waals surface area contributed by atoms with Crippen molar-refractivity contribution < 1.29 is 8.42 Å². The molecule has 0 spiro atoms. The lowest BCUT2D eigenvalue weighted by molar-refractivity contribution is 0.601. The third-order valence-corrected chi connectivity index (χ3v) is 3.82. The van der Waals surface area contributed by atoms with Crippen LogP contribution in [-0.4, -0.2) is 8.42 Å². The van der Waals surface area contributed by atoms with Gasteiger partial charge in [0.25, 0.3) is 10.0 Å². The summed E-state index contributed by atoms with van der Waals surface area (Å²) in [6.45, 7) is 0. The van der Waals surface area contributed by atoms with Gasteiger partial charge in [0, 0.05) is 17.1 Å². The van der Waals surface area contributed by atoms with Crippen molar-refractivity contribution in [2.45, 2.75) is 4.90 Å². The Bertz CT molecular complexity index is 676. The van der Waals surface area contributed by atoms with Gasteiger partial charge in [-0.15, -0.1) is 0 Å². The molecule has 7 N–H and O–H groups in total. The topological polar surface area (TPSA) is 124 Å². The summed E-state index contributed by atoms with van der Waals surface area (Å²) in [6, 6.07) is 10.4. The predicted octanol–water partition coefficient (Wildman–Crippen LogP) is 1.23. The van der Waals surface area contributed by atoms with Crippen molar-refractivity contribution in [2.24, 2.45) is 0 Å². The van der Waals surface area contributed by atoms with Crippen LogP contribution in [0.25, 0.3) is 0 Å². The lowest BCUT2D eigenvalue weighted by Gasteiger charge is -2.09. The number of hydrogen-bond acceptors (Lipinski definition) is 5. The van der Waals surface area contributed by atoms with Gasteiger partial charge in [-0.3, -0.25) is 4.72 Å². The number of rotatable bonds is 3. The van der Waals surface area contributed by atoms with E-state index in [4.69, 9.17) is 17.2 Å². The van der Waals surface area contributed by atoms with E-state index in [0.717, 1.165) is 0 Å². The molecule has 19 heavy (non-hydrogen) atoms. The standard InChI is InChI=1S/C12H14N4O2S/c13-8-1-3-12(4-2-8)19(17,18)16-11-6-9(14)5-10(15)7-11/h1-7,16H,13-15H2. The number of nitrogens with one attached hydrogen (secondary N) is 1. The molecule has 2 aromatic carbocycles. The number of sulfonamides is 1. The minimum atomic E-state index is -3.68. The summed E-state index contributed by atoms with van der Waals surface area (Å²) in [5.74, 6) is 0. The van der Waals surface area contributed by atoms with Gasteiger partial charge in [-0.2, -0.15) is 0 Å². The molecule has 0 radical (unpaired) electrons. The highest BCUT2D eigenvalue weighted by molar-refractivity contribution is 7.92. The van der Waals surface area contributed by atoms with Gasteiger partial charge < -0.3 is 17.2 Å². The van der Waals surface area contributed by atoms with Crippen LogP contribution in [0.3, 0.4) is 0 Å². The van der Waals surface area contributed by atoms with Crippen molar-refractivity contribution >= 4 is 32.8 Å². The summed E-state index contributed by atoms with van der Waals surface area (Å²) in [5, 5.41) is 0. The van der Waals surface area contributed by atoms with Crippen LogP contribution in [0, 0.1) is 0 Å². The Kier molecular flexibility index (Phi) is 3.22. The van der Waals surface area contributed by atoms with Gasteiger partial charge in [0.05, 0.1) is 10.6 Å². The van der Waals surface area contributed by atoms with E-state index in [2.05, 4.69) is 4.72 Å². The number of benzene rings is 2. The Labute approximate surface area is 111 Å². The normalized spacial score (nSPS) is 11.2. The highest BCUT2D eigenvalue weighted by Gasteiger charge is 2.14. The molecule has 0 aliphatic heterocycles. The largest absolute Gasteiger partial charge is 0.399 e. The molecule has 0 saturated heterocycles. The van der Waals surface area contributed by atoms with Crippen molar-refractivity contribution in [3.63, 3.8) is 0 Å². The molecule has 7 heteroatoms. The van der Waals surface area contributed by atoms with Crippen LogP contribution in [0.2, 0.25) is 0 Å². The van der Waals surface area contributed by atoms with Crippen molar-refractivity contribution in [1.29, 1.82) is 0 Å². The Morgan fingerprint density at radius 1 is 0.789 bits per heavy atom. The number of anilines is 4. The molecule has 0 bridgehead atoms. The Morgan fingerprint density at radius 2 is 1.32 bits per heavy atom. The van der Waals surface area contributed by atoms with Crippen molar-refractivity contribution in [1.82, 2.24) is 0 Å². The maximum absolute atomic E-state index is 12.1. The summed E-state index contributed by atoms with van der Waals surface area (Å²) in [7, 11) is -3.68. The van der Waals surface area contributed by atoms with E-state index in [1.54, 1.807) is 6.07 Å². The third-order valence-electron chi connectivity index (χ3n) is 2.42. The molecule has 2 aromatic rings. The SMILES string of the molecule is Nc1ccc(S(=O)(=O)Nc2cc(N)cc(N)c2)cc1. The van der Waals surface area contributed by atoms with Crippen LogP contribution in [-0.2, 0) is 10.0 Å². The lowest BCUT2D eigenvalue weighted by atomic mass is 10.2. The molecule has 2 rings (SSSR count). The van der Waals surface area contributed by atoms with Gasteiger partial charge in [0.2, 0.25) is 0 Å². The zero-order valence-corrected chi connectivity index (χ0v) is 10.8. The number of hydrogen-bond donors (Lipinski definition) is 4. The average Bonchev–Trinajstić information content (AvgIpc) is 2.27. The van der Waals surface area contributed by atoms with Gasteiger partial charge in [0.15, 0.2) is 0 Å². The molecule has 0 aliphatic rings. The maximum Gasteiger partial charge on any atom is 0.261 e. The molecule has 0 aliphatic carbocycles. The number of nitrogens with two attached hydrogens (primary N) is 3. The van der Waals surface area contributed by atoms with E-state index in [9.17, 15) is 8.42 Å². The fourth-order valence-corrected chi connectivity index (χ4v) is 2.64. The van der Waals surface area contributed by atoms with Crippen molar-refractivity contribution in [2.75, 3.05) is 21.9 Å². The van der Waals surface area contributed by atoms with E-state index in [0.29, 0.717) is 22.7 Å². The van der Waals surface area contributed by atoms with Gasteiger partial charge >= 0.3 is 0 Å². The monoisotopic (exact) mass is 278 g/mol. The molecular formula is C12H14N4O2S. The fraction of sp³-hybridized carbons (Fsp3) is 0. The van der Waals surface area contributed by atoms with Crippen LogP contribution in [0.1, 0.15) is 0 Å². The summed E-state index contributed by atoms with van der Waals surface area (Å²) >= 11 is 0. The second-order valence-electron chi connectivity index (χ2n) is 4.06. The van der Waals surface area contributed by atoms with Gasteiger partial charge in [-0.25, -0.2) is 8.42 Å². The minimum absolute atomic E-state index is 0.114. The number of nitrogen functional groups attached to an aromatic ring is 3. The van der Waals surface area contributed by atoms with Crippen molar-refractivity contribution in [3.05, 3.63) is 42.5 Å². The minimum Gasteiger partial charge on any atom is -0.399 e. The predicted molar refractivity (Wildman–Crippen MR) is 76.9 cm³/mol. The zero-order chi connectivity index (χ0) is 14.0. The van der Waals surface area contributed by atoms with Crippen LogP contribution in [0.5, 0.6) is 0 Å². The first-order valence-corrected chi connectivity index (χ1v) is 6.89. The second-order valence-corrected chi connectivity index (χ2v) is 5.75. The van der Waals surface area contributed by atoms with Crippen molar-refractivity contribution in [3.8, 4) is 0 Å². The highest BCUT2D eigenvalue weighted by Crippen LogP contribution is 2.22. The zero-order valence-electron chi connectivity index (χ0n) is 10.00. The first-order chi connectivity index (χ1) is 8.87. The van der Waals surface area contributed by atoms with E-state index < -0.39 is 10.0 Å². The molecule has 0 atom stereocenters. The molecule has 0 saturated carbocycles. The molecule has 0 aromatic heterocycles. The molecule has 100 valence electrons. The first kappa shape index (κ1) is 13.0. The van der Waals surface area contributed by atoms with E-state index in [-0.39, 0.29) is 4.90 Å². The third kappa shape index (κ3) is 3.08. The van der Waals surface area contributed by atoms with Gasteiger partial charge in [-0.05, 0) is 42.5 Å². The Hall–Kier alpha value is -2.41. The Morgan fingerprint density at radius 3 is 1.84 bits per heavy atom. The molecule has 0 heterocycles. The summed E-state index contributed by atoms with van der Waals surface area (Å²) < 4.78 is 26.6. The quantitative estimate of drug-likeness (QED) is 0.629. The summed E-state index contributed by atoms with van der Waals surface area (Å²) in [4.78, 5) is 0.114. The lowest BCUT2D eigenvalue weighted by Crippen LogP contribution is -2.13. The molecule has 0 amide bonds. The average molecular weight is 278 g/mol. The maximum atomic E-state index is 12.1. The van der Waals surface area contributed by atoms with Crippen LogP contribution >= 0.6 is 0 Å². The van der Waals surface area contributed by atoms with E-state index in [1.807, 2.05) is 0 Å². The smallest absolute Gasteiger partial charge is 0.261 e. The van der Waals surface area contributed by atoms with E-state index in [1.165, 1.54) is 36.4 Å². The van der Waals surface area contributed by atoms with Gasteiger partial charge in [-0.1, -0.05) is 0 Å². The summed E-state index contributed by atoms with van der Waals surface area (Å²) in [5.41, 5.74) is 18.3. The molecule has 0 fully saturated rings. The molecule has 0 unspecified atom stereocenters. The summed E-state index contributed by atoms with van der Waals surface area (Å²) in [6.07, 6.45) is 0.